The number of rotatable bonds is 9. The van der Waals surface area contributed by atoms with Gasteiger partial charge in [-0.25, -0.2) is 13.1 Å². The predicted octanol–water partition coefficient (Wildman–Crippen LogP) is 1.68. The third kappa shape index (κ3) is 6.38. The molecular weight excluding hydrogens is 236 g/mol. The fraction of sp³-hybridized carbons (Fsp3) is 1.00. The van der Waals surface area contributed by atoms with Gasteiger partial charge in [-0.3, -0.25) is 0 Å². The Morgan fingerprint density at radius 2 is 1.65 bits per heavy atom. The van der Waals surface area contributed by atoms with Crippen LogP contribution in [0.1, 0.15) is 40.0 Å². The summed E-state index contributed by atoms with van der Waals surface area (Å²) in [5.74, 6) is 0.755. The zero-order chi connectivity index (χ0) is 13.5. The number of hydrogen-bond donors (Lipinski definition) is 1. The maximum absolute atomic E-state index is 11.6. The van der Waals surface area contributed by atoms with E-state index < -0.39 is 10.0 Å². The highest BCUT2D eigenvalue weighted by atomic mass is 32.2. The van der Waals surface area contributed by atoms with Crippen LogP contribution in [0.5, 0.6) is 0 Å². The quantitative estimate of drug-likeness (QED) is 0.689. The van der Waals surface area contributed by atoms with Gasteiger partial charge in [0.05, 0.1) is 5.75 Å². The van der Waals surface area contributed by atoms with Crippen LogP contribution in [0, 0.1) is 5.92 Å². The minimum atomic E-state index is -3.09. The van der Waals surface area contributed by atoms with Crippen molar-refractivity contribution in [2.75, 3.05) is 26.4 Å². The normalized spacial score (nSPS) is 14.5. The van der Waals surface area contributed by atoms with Gasteiger partial charge in [-0.1, -0.05) is 33.6 Å². The summed E-state index contributed by atoms with van der Waals surface area (Å²) in [6, 6.07) is 0.275. The SMILES string of the molecule is CCCS(=O)(=O)NCC(C(CC)CC)N(C)C. The molecule has 0 bridgehead atoms. The smallest absolute Gasteiger partial charge is 0.211 e. The summed E-state index contributed by atoms with van der Waals surface area (Å²) in [5.41, 5.74) is 0. The zero-order valence-corrected chi connectivity index (χ0v) is 12.7. The van der Waals surface area contributed by atoms with E-state index in [1.54, 1.807) is 0 Å². The summed E-state index contributed by atoms with van der Waals surface area (Å²) in [7, 11) is 0.935. The van der Waals surface area contributed by atoms with Gasteiger partial charge in [0.2, 0.25) is 10.0 Å². The van der Waals surface area contributed by atoms with Gasteiger partial charge in [0.25, 0.3) is 0 Å². The van der Waals surface area contributed by atoms with Gasteiger partial charge in [0.1, 0.15) is 0 Å². The summed E-state index contributed by atoms with van der Waals surface area (Å²) in [5, 5.41) is 0. The molecule has 0 rings (SSSR count). The molecule has 0 spiro atoms. The Bertz CT molecular complexity index is 285. The summed E-state index contributed by atoms with van der Waals surface area (Å²) in [6.45, 7) is 6.71. The second-order valence-corrected chi connectivity index (χ2v) is 6.70. The van der Waals surface area contributed by atoms with Gasteiger partial charge in [0, 0.05) is 12.6 Å². The number of hydrogen-bond acceptors (Lipinski definition) is 3. The van der Waals surface area contributed by atoms with Crippen molar-refractivity contribution < 1.29 is 8.42 Å². The van der Waals surface area contributed by atoms with E-state index in [1.807, 2.05) is 21.0 Å². The topological polar surface area (TPSA) is 49.4 Å². The van der Waals surface area contributed by atoms with Crippen LogP contribution < -0.4 is 4.72 Å². The highest BCUT2D eigenvalue weighted by Gasteiger charge is 2.22. The number of likely N-dealkylation sites (N-methyl/N-ethyl adjacent to an activating group) is 1. The highest BCUT2D eigenvalue weighted by molar-refractivity contribution is 7.89. The standard InChI is InChI=1S/C12H28N2O2S/c1-6-9-17(15,16)13-10-12(14(4)5)11(7-2)8-3/h11-13H,6-10H2,1-5H3. The van der Waals surface area contributed by atoms with E-state index in [0.29, 0.717) is 18.9 Å². The first-order valence-corrected chi connectivity index (χ1v) is 8.16. The van der Waals surface area contributed by atoms with Crippen LogP contribution in [0.3, 0.4) is 0 Å². The van der Waals surface area contributed by atoms with Gasteiger partial charge < -0.3 is 4.90 Å². The van der Waals surface area contributed by atoms with Crippen molar-refractivity contribution in [2.24, 2.45) is 5.92 Å². The first-order chi connectivity index (χ1) is 7.87. The van der Waals surface area contributed by atoms with Crippen molar-refractivity contribution in [3.05, 3.63) is 0 Å². The molecule has 0 amide bonds. The Labute approximate surface area is 107 Å². The predicted molar refractivity (Wildman–Crippen MR) is 73.6 cm³/mol. The Kier molecular flexibility index (Phi) is 8.00. The molecule has 17 heavy (non-hydrogen) atoms. The van der Waals surface area contributed by atoms with Crippen LogP contribution in [0.25, 0.3) is 0 Å². The van der Waals surface area contributed by atoms with Crippen LogP contribution >= 0.6 is 0 Å². The van der Waals surface area contributed by atoms with Crippen molar-refractivity contribution in [3.63, 3.8) is 0 Å². The van der Waals surface area contributed by atoms with E-state index >= 15 is 0 Å². The molecule has 0 fully saturated rings. The van der Waals surface area contributed by atoms with E-state index in [1.165, 1.54) is 0 Å². The maximum Gasteiger partial charge on any atom is 0.211 e. The highest BCUT2D eigenvalue weighted by Crippen LogP contribution is 2.16. The van der Waals surface area contributed by atoms with Crippen molar-refractivity contribution in [2.45, 2.75) is 46.1 Å². The van der Waals surface area contributed by atoms with E-state index in [-0.39, 0.29) is 11.8 Å². The maximum atomic E-state index is 11.6. The minimum absolute atomic E-state index is 0.218. The van der Waals surface area contributed by atoms with Crippen LogP contribution in [0.4, 0.5) is 0 Å². The van der Waals surface area contributed by atoms with Crippen LogP contribution in [0.2, 0.25) is 0 Å². The number of sulfonamides is 1. The van der Waals surface area contributed by atoms with Crippen molar-refractivity contribution in [3.8, 4) is 0 Å². The Morgan fingerprint density at radius 1 is 1.12 bits per heavy atom. The van der Waals surface area contributed by atoms with Crippen LogP contribution in [-0.2, 0) is 10.0 Å². The van der Waals surface area contributed by atoms with Gasteiger partial charge in [-0.2, -0.15) is 0 Å². The molecule has 0 radical (unpaired) electrons. The van der Waals surface area contributed by atoms with Gasteiger partial charge >= 0.3 is 0 Å². The fourth-order valence-electron chi connectivity index (χ4n) is 2.16. The lowest BCUT2D eigenvalue weighted by atomic mass is 9.93. The molecule has 0 saturated carbocycles. The lowest BCUT2D eigenvalue weighted by molar-refractivity contribution is 0.201. The van der Waals surface area contributed by atoms with Crippen molar-refractivity contribution >= 4 is 10.0 Å². The molecule has 0 aromatic rings. The largest absolute Gasteiger partial charge is 0.305 e. The van der Waals surface area contributed by atoms with Crippen LogP contribution in [-0.4, -0.2) is 45.8 Å². The molecule has 0 aliphatic carbocycles. The van der Waals surface area contributed by atoms with E-state index in [2.05, 4.69) is 23.5 Å². The van der Waals surface area contributed by atoms with E-state index in [9.17, 15) is 8.42 Å². The molecular formula is C12H28N2O2S. The first kappa shape index (κ1) is 16.9. The van der Waals surface area contributed by atoms with Crippen LogP contribution in [0.15, 0.2) is 0 Å². The average Bonchev–Trinajstić information content (AvgIpc) is 2.23. The third-order valence-electron chi connectivity index (χ3n) is 3.24. The van der Waals surface area contributed by atoms with Gasteiger partial charge in [0.15, 0.2) is 0 Å². The Balaban J connectivity index is 4.47. The summed E-state index contributed by atoms with van der Waals surface area (Å²) in [4.78, 5) is 2.12. The molecule has 1 unspecified atom stereocenters. The molecule has 104 valence electrons. The monoisotopic (exact) mass is 264 g/mol. The Hall–Kier alpha value is -0.130. The van der Waals surface area contributed by atoms with E-state index in [4.69, 9.17) is 0 Å². The number of nitrogens with one attached hydrogen (secondary N) is 1. The summed E-state index contributed by atoms with van der Waals surface area (Å²) < 4.78 is 26.0. The molecule has 0 saturated heterocycles. The molecule has 0 aliphatic rings. The second kappa shape index (κ2) is 8.06. The summed E-state index contributed by atoms with van der Waals surface area (Å²) in [6.07, 6.45) is 2.82. The molecule has 1 N–H and O–H groups in total. The second-order valence-electron chi connectivity index (χ2n) is 4.77. The molecule has 1 atom stereocenters. The molecule has 5 heteroatoms. The molecule has 0 heterocycles. The van der Waals surface area contributed by atoms with Crippen molar-refractivity contribution in [1.29, 1.82) is 0 Å². The first-order valence-electron chi connectivity index (χ1n) is 6.51. The Morgan fingerprint density at radius 3 is 2.00 bits per heavy atom. The lowest BCUT2D eigenvalue weighted by Gasteiger charge is -2.31. The van der Waals surface area contributed by atoms with Crippen molar-refractivity contribution in [1.82, 2.24) is 9.62 Å². The average molecular weight is 264 g/mol. The van der Waals surface area contributed by atoms with Gasteiger partial charge in [-0.15, -0.1) is 0 Å². The molecule has 4 nitrogen and oxygen atoms in total. The van der Waals surface area contributed by atoms with Gasteiger partial charge in [-0.05, 0) is 26.4 Å². The summed E-state index contributed by atoms with van der Waals surface area (Å²) >= 11 is 0. The molecule has 0 aromatic heterocycles. The third-order valence-corrected chi connectivity index (χ3v) is 4.79. The molecule has 0 aliphatic heterocycles. The zero-order valence-electron chi connectivity index (χ0n) is 11.9. The lowest BCUT2D eigenvalue weighted by Crippen LogP contribution is -2.45. The van der Waals surface area contributed by atoms with E-state index in [0.717, 1.165) is 12.8 Å². The number of nitrogens with zero attached hydrogens (tertiary/aromatic N) is 1. The minimum Gasteiger partial charge on any atom is -0.305 e. The fourth-order valence-corrected chi connectivity index (χ4v) is 3.26. The molecule has 0 aromatic carbocycles.